The Kier molecular flexibility index (Phi) is 2.97. The lowest BCUT2D eigenvalue weighted by atomic mass is 10.1. The number of nitrogens with two attached hydrogens (primary N) is 1. The number of hydrogen-bond donors (Lipinski definition) is 1. The molecule has 1 aromatic carbocycles. The zero-order chi connectivity index (χ0) is 11.6. The predicted molar refractivity (Wildman–Crippen MR) is 49.0 cm³/mol. The third kappa shape index (κ3) is 2.08. The van der Waals surface area contributed by atoms with Crippen molar-refractivity contribution < 1.29 is 22.6 Å². The molecule has 0 radical (unpaired) electrons. The lowest BCUT2D eigenvalue weighted by molar-refractivity contribution is -0.138. The van der Waals surface area contributed by atoms with E-state index < -0.39 is 17.5 Å². The number of benzene rings is 1. The van der Waals surface area contributed by atoms with Crippen molar-refractivity contribution in [1.29, 1.82) is 0 Å². The maximum atomic E-state index is 12.5. The standard InChI is InChI=1S/C9H10F3NO2/c1-14-6-4-3-5(9(10,11)12)8(15-2)7(6)13/h3-4H,13H2,1-2H3. The van der Waals surface area contributed by atoms with Crippen molar-refractivity contribution >= 4 is 5.69 Å². The van der Waals surface area contributed by atoms with Gasteiger partial charge in [0.1, 0.15) is 11.4 Å². The van der Waals surface area contributed by atoms with Gasteiger partial charge >= 0.3 is 6.18 Å². The van der Waals surface area contributed by atoms with Crippen molar-refractivity contribution in [3.63, 3.8) is 0 Å². The minimum atomic E-state index is -4.49. The molecule has 1 rings (SSSR count). The van der Waals surface area contributed by atoms with Gasteiger partial charge in [-0.3, -0.25) is 0 Å². The van der Waals surface area contributed by atoms with E-state index in [9.17, 15) is 13.2 Å². The van der Waals surface area contributed by atoms with Crippen LogP contribution >= 0.6 is 0 Å². The van der Waals surface area contributed by atoms with E-state index >= 15 is 0 Å². The molecular formula is C9H10F3NO2. The van der Waals surface area contributed by atoms with Crippen molar-refractivity contribution in [2.75, 3.05) is 20.0 Å². The predicted octanol–water partition coefficient (Wildman–Crippen LogP) is 2.30. The molecule has 1 aromatic rings. The first-order valence-corrected chi connectivity index (χ1v) is 3.99. The van der Waals surface area contributed by atoms with Gasteiger partial charge in [-0.25, -0.2) is 0 Å². The molecule has 6 heteroatoms. The Morgan fingerprint density at radius 1 is 1.13 bits per heavy atom. The summed E-state index contributed by atoms with van der Waals surface area (Å²) in [5.41, 5.74) is 4.38. The molecule has 0 fully saturated rings. The van der Waals surface area contributed by atoms with Crippen LogP contribution in [-0.4, -0.2) is 14.2 Å². The Bertz CT molecular complexity index is 363. The summed E-state index contributed by atoms with van der Waals surface area (Å²) in [5.74, 6) is -0.262. The third-order valence-corrected chi connectivity index (χ3v) is 1.89. The maximum absolute atomic E-state index is 12.5. The molecule has 0 spiro atoms. The smallest absolute Gasteiger partial charge is 0.420 e. The van der Waals surface area contributed by atoms with Gasteiger partial charge < -0.3 is 15.2 Å². The Hall–Kier alpha value is -1.59. The Morgan fingerprint density at radius 2 is 1.73 bits per heavy atom. The minimum absolute atomic E-state index is 0.153. The van der Waals surface area contributed by atoms with E-state index in [1.807, 2.05) is 0 Å². The van der Waals surface area contributed by atoms with Crippen molar-refractivity contribution in [3.8, 4) is 11.5 Å². The number of nitrogen functional groups attached to an aromatic ring is 1. The summed E-state index contributed by atoms with van der Waals surface area (Å²) >= 11 is 0. The van der Waals surface area contributed by atoms with Gasteiger partial charge in [-0.15, -0.1) is 0 Å². The van der Waals surface area contributed by atoms with Crippen molar-refractivity contribution in [1.82, 2.24) is 0 Å². The molecule has 0 unspecified atom stereocenters. The molecule has 0 aromatic heterocycles. The Morgan fingerprint density at radius 3 is 2.13 bits per heavy atom. The highest BCUT2D eigenvalue weighted by Crippen LogP contribution is 2.42. The number of methoxy groups -OCH3 is 2. The average molecular weight is 221 g/mol. The van der Waals surface area contributed by atoms with Crippen LogP contribution in [0.15, 0.2) is 12.1 Å². The summed E-state index contributed by atoms with van der Waals surface area (Å²) in [5, 5.41) is 0. The summed E-state index contributed by atoms with van der Waals surface area (Å²) in [6.07, 6.45) is -4.49. The van der Waals surface area contributed by atoms with Crippen LogP contribution in [0, 0.1) is 0 Å². The van der Waals surface area contributed by atoms with E-state index in [-0.39, 0.29) is 11.4 Å². The van der Waals surface area contributed by atoms with Gasteiger partial charge in [0.2, 0.25) is 0 Å². The maximum Gasteiger partial charge on any atom is 0.420 e. The van der Waals surface area contributed by atoms with E-state index in [2.05, 4.69) is 4.74 Å². The molecule has 0 saturated heterocycles. The van der Waals surface area contributed by atoms with Gasteiger partial charge in [-0.1, -0.05) is 0 Å². The molecule has 3 nitrogen and oxygen atoms in total. The van der Waals surface area contributed by atoms with Gasteiger partial charge in [0, 0.05) is 0 Å². The van der Waals surface area contributed by atoms with Gasteiger partial charge in [-0.05, 0) is 12.1 Å². The Balaban J connectivity index is 3.38. The van der Waals surface area contributed by atoms with Gasteiger partial charge in [0.15, 0.2) is 5.75 Å². The van der Waals surface area contributed by atoms with E-state index in [4.69, 9.17) is 10.5 Å². The molecule has 2 N–H and O–H groups in total. The quantitative estimate of drug-likeness (QED) is 0.779. The number of halogens is 3. The zero-order valence-electron chi connectivity index (χ0n) is 8.18. The molecule has 0 heterocycles. The van der Waals surface area contributed by atoms with E-state index in [0.29, 0.717) is 0 Å². The number of hydrogen-bond acceptors (Lipinski definition) is 3. The number of rotatable bonds is 2. The van der Waals surface area contributed by atoms with Crippen LogP contribution in [0.1, 0.15) is 5.56 Å². The van der Waals surface area contributed by atoms with Crippen molar-refractivity contribution in [3.05, 3.63) is 17.7 Å². The monoisotopic (exact) mass is 221 g/mol. The fourth-order valence-electron chi connectivity index (χ4n) is 1.20. The number of ether oxygens (including phenoxy) is 2. The second-order valence-electron chi connectivity index (χ2n) is 2.76. The van der Waals surface area contributed by atoms with Crippen LogP contribution in [0.3, 0.4) is 0 Å². The van der Waals surface area contributed by atoms with E-state index in [1.54, 1.807) is 0 Å². The first-order chi connectivity index (χ1) is 6.91. The average Bonchev–Trinajstić information content (AvgIpc) is 2.15. The summed E-state index contributed by atoms with van der Waals surface area (Å²) < 4.78 is 46.8. The molecule has 0 saturated carbocycles. The van der Waals surface area contributed by atoms with E-state index in [1.165, 1.54) is 7.11 Å². The van der Waals surface area contributed by atoms with Crippen LogP contribution in [-0.2, 0) is 6.18 Å². The van der Waals surface area contributed by atoms with Gasteiger partial charge in [0.05, 0.1) is 19.8 Å². The van der Waals surface area contributed by atoms with Crippen molar-refractivity contribution in [2.45, 2.75) is 6.18 Å². The van der Waals surface area contributed by atoms with Crippen LogP contribution in [0.4, 0.5) is 18.9 Å². The lowest BCUT2D eigenvalue weighted by Gasteiger charge is -2.15. The summed E-state index contributed by atoms with van der Waals surface area (Å²) in [4.78, 5) is 0. The second kappa shape index (κ2) is 3.88. The van der Waals surface area contributed by atoms with Gasteiger partial charge in [-0.2, -0.15) is 13.2 Å². The number of alkyl halides is 3. The lowest BCUT2D eigenvalue weighted by Crippen LogP contribution is -2.09. The Labute approximate surface area is 84.6 Å². The summed E-state index contributed by atoms with van der Waals surface area (Å²) in [6, 6.07) is 2.02. The van der Waals surface area contributed by atoms with Crippen LogP contribution in [0.2, 0.25) is 0 Å². The third-order valence-electron chi connectivity index (χ3n) is 1.89. The zero-order valence-corrected chi connectivity index (χ0v) is 8.18. The summed E-state index contributed by atoms with van der Waals surface area (Å²) in [7, 11) is 2.44. The topological polar surface area (TPSA) is 44.5 Å². The highest BCUT2D eigenvalue weighted by atomic mass is 19.4. The SMILES string of the molecule is COc1ccc(C(F)(F)F)c(OC)c1N. The summed E-state index contributed by atoms with van der Waals surface area (Å²) in [6.45, 7) is 0. The molecule has 84 valence electrons. The minimum Gasteiger partial charge on any atom is -0.494 e. The van der Waals surface area contributed by atoms with Crippen molar-refractivity contribution in [2.24, 2.45) is 0 Å². The van der Waals surface area contributed by atoms with Crippen LogP contribution in [0.5, 0.6) is 11.5 Å². The molecule has 15 heavy (non-hydrogen) atoms. The largest absolute Gasteiger partial charge is 0.494 e. The first-order valence-electron chi connectivity index (χ1n) is 3.99. The fourth-order valence-corrected chi connectivity index (χ4v) is 1.20. The molecular weight excluding hydrogens is 211 g/mol. The van der Waals surface area contributed by atoms with E-state index in [0.717, 1.165) is 19.2 Å². The molecule has 0 aliphatic rings. The van der Waals surface area contributed by atoms with Crippen LogP contribution in [0.25, 0.3) is 0 Å². The van der Waals surface area contributed by atoms with Gasteiger partial charge in [0.25, 0.3) is 0 Å². The fraction of sp³-hybridized carbons (Fsp3) is 0.333. The molecule has 0 amide bonds. The molecule has 0 atom stereocenters. The molecule has 0 aliphatic heterocycles. The second-order valence-corrected chi connectivity index (χ2v) is 2.76. The van der Waals surface area contributed by atoms with Crippen LogP contribution < -0.4 is 15.2 Å². The highest BCUT2D eigenvalue weighted by Gasteiger charge is 2.35. The first kappa shape index (κ1) is 11.5. The molecule has 0 aliphatic carbocycles. The normalized spacial score (nSPS) is 11.3. The highest BCUT2D eigenvalue weighted by molar-refractivity contribution is 5.66. The molecule has 0 bridgehead atoms. The number of anilines is 1.